The fraction of sp³-hybridized carbons (Fsp3) is 0.655. The lowest BCUT2D eigenvalue weighted by molar-refractivity contribution is -0.342. The summed E-state index contributed by atoms with van der Waals surface area (Å²) in [5.74, 6) is 3.34. The maximum Gasteiger partial charge on any atom is 0.232 e. The van der Waals surface area contributed by atoms with Crippen molar-refractivity contribution >= 4 is 0 Å². The van der Waals surface area contributed by atoms with Crippen LogP contribution in [0.2, 0.25) is 0 Å². The topological polar surface area (TPSA) is 118 Å². The van der Waals surface area contributed by atoms with Gasteiger partial charge in [0.2, 0.25) is 6.29 Å². The third-order valence-electron chi connectivity index (χ3n) is 7.01. The van der Waals surface area contributed by atoms with Crippen molar-refractivity contribution in [2.24, 2.45) is 0 Å². The molecule has 1 aromatic carbocycles. The molecule has 1 saturated heterocycles. The van der Waals surface area contributed by atoms with Gasteiger partial charge in [0.25, 0.3) is 0 Å². The van der Waals surface area contributed by atoms with E-state index in [1.54, 1.807) is 0 Å². The third kappa shape index (κ3) is 7.70. The van der Waals surface area contributed by atoms with E-state index in [0.717, 1.165) is 31.2 Å². The molecule has 2 bridgehead atoms. The molecule has 0 radical (unpaired) electrons. The van der Waals surface area contributed by atoms with Gasteiger partial charge >= 0.3 is 0 Å². The molecule has 1 aromatic rings. The van der Waals surface area contributed by atoms with E-state index in [9.17, 15) is 20.4 Å². The molecule has 7 atom stereocenters. The number of hydrogen-bond donors (Lipinski definition) is 4. The van der Waals surface area contributed by atoms with Crippen LogP contribution >= 0.6 is 0 Å². The summed E-state index contributed by atoms with van der Waals surface area (Å²) in [5, 5.41) is 42.8. The largest absolute Gasteiger partial charge is 0.462 e. The molecule has 3 aliphatic heterocycles. The second kappa shape index (κ2) is 14.7. The summed E-state index contributed by atoms with van der Waals surface area (Å²) in [6, 6.07) is 7.49. The van der Waals surface area contributed by atoms with Gasteiger partial charge in [0.05, 0.1) is 6.10 Å². The van der Waals surface area contributed by atoms with Gasteiger partial charge in [-0.2, -0.15) is 0 Å². The Labute approximate surface area is 220 Å². The minimum Gasteiger partial charge on any atom is -0.462 e. The molecule has 37 heavy (non-hydrogen) atoms. The van der Waals surface area contributed by atoms with Crippen molar-refractivity contribution < 1.29 is 39.4 Å². The van der Waals surface area contributed by atoms with Gasteiger partial charge in [-0.05, 0) is 56.2 Å². The Kier molecular flexibility index (Phi) is 11.7. The molecular weight excluding hydrogens is 476 g/mol. The van der Waals surface area contributed by atoms with Crippen LogP contribution in [0.5, 0.6) is 5.75 Å². The van der Waals surface area contributed by atoms with Crippen molar-refractivity contribution in [2.75, 3.05) is 13.2 Å². The molecule has 0 aromatic heterocycles. The molecule has 0 spiro atoms. The van der Waals surface area contributed by atoms with E-state index in [0.29, 0.717) is 25.2 Å². The van der Waals surface area contributed by atoms with Crippen LogP contribution in [0, 0.1) is 12.0 Å². The minimum absolute atomic E-state index is 0.0706. The molecule has 0 aliphatic carbocycles. The van der Waals surface area contributed by atoms with Crippen LogP contribution in [0.4, 0.5) is 0 Å². The highest BCUT2D eigenvalue weighted by atomic mass is 16.7. The summed E-state index contributed by atoms with van der Waals surface area (Å²) in [7, 11) is 0. The minimum atomic E-state index is -1.43. The number of fused-ring (bicyclic) bond motifs is 8. The lowest BCUT2D eigenvalue weighted by atomic mass is 9.80. The molecule has 4 N–H and O–H groups in total. The Hall–Kier alpha value is -2.12. The van der Waals surface area contributed by atoms with E-state index in [1.807, 2.05) is 30.3 Å². The lowest BCUT2D eigenvalue weighted by Gasteiger charge is -2.51. The zero-order valence-electron chi connectivity index (χ0n) is 21.8. The fourth-order valence-electron chi connectivity index (χ4n) is 4.84. The van der Waals surface area contributed by atoms with Crippen molar-refractivity contribution in [1.29, 1.82) is 0 Å². The maximum atomic E-state index is 11.6. The first-order valence-corrected chi connectivity index (χ1v) is 13.4. The van der Waals surface area contributed by atoms with Crippen molar-refractivity contribution in [2.45, 2.75) is 107 Å². The van der Waals surface area contributed by atoms with E-state index < -0.39 is 42.4 Å². The number of hydrogen-bond acceptors (Lipinski definition) is 8. The molecule has 8 heteroatoms. The fourth-order valence-corrected chi connectivity index (χ4v) is 4.84. The summed E-state index contributed by atoms with van der Waals surface area (Å²) in [4.78, 5) is 0. The van der Waals surface area contributed by atoms with Gasteiger partial charge in [-0.3, -0.25) is 0 Å². The number of ether oxygens (including phenoxy) is 4. The monoisotopic (exact) mass is 518 g/mol. The van der Waals surface area contributed by atoms with Crippen molar-refractivity contribution in [3.8, 4) is 17.8 Å². The third-order valence-corrected chi connectivity index (χ3v) is 7.01. The predicted octanol–water partition coefficient (Wildman–Crippen LogP) is 2.85. The van der Waals surface area contributed by atoms with Crippen LogP contribution in [-0.2, 0) is 20.6 Å². The highest BCUT2D eigenvalue weighted by molar-refractivity contribution is 5.29. The zero-order chi connectivity index (χ0) is 26.7. The van der Waals surface area contributed by atoms with Gasteiger partial charge < -0.3 is 39.4 Å². The zero-order valence-corrected chi connectivity index (χ0v) is 21.8. The van der Waals surface area contributed by atoms with E-state index >= 15 is 0 Å². The first kappa shape index (κ1) is 29.4. The molecule has 4 rings (SSSR count). The van der Waals surface area contributed by atoms with Crippen LogP contribution in [0.15, 0.2) is 36.9 Å². The number of allylic oxidation sites excluding steroid dienone is 1. The molecule has 3 heterocycles. The highest BCUT2D eigenvalue weighted by Crippen LogP contribution is 2.40. The Morgan fingerprint density at radius 2 is 1.95 bits per heavy atom. The molecule has 0 amide bonds. The summed E-state index contributed by atoms with van der Waals surface area (Å²) >= 11 is 0. The SMILES string of the molecule is C=CCc1ccc(OC2OC3C(CCCO)OC#CCC(O)CCC2(OCCCCC)C(O)C3O)cc1. The Bertz CT molecular complexity index is 878. The molecule has 7 unspecified atom stereocenters. The number of aliphatic hydroxyl groups excluding tert-OH is 4. The van der Waals surface area contributed by atoms with Crippen LogP contribution in [0.3, 0.4) is 0 Å². The van der Waals surface area contributed by atoms with E-state index in [1.165, 1.54) is 0 Å². The smallest absolute Gasteiger partial charge is 0.232 e. The van der Waals surface area contributed by atoms with Crippen molar-refractivity contribution in [1.82, 2.24) is 0 Å². The molecule has 1 fully saturated rings. The number of aliphatic hydroxyl groups is 4. The molecular formula is C29H42O8. The standard InChI is InChI=1S/C29H42O8/c1-3-5-6-20-35-29-17-16-22(31)10-8-19-34-24(11-7-18-30)26(25(32)27(29)33)37-28(29)36-23-14-12-21(9-4-2)13-15-23/h4,12-15,22,24-28,30-33H,2-3,5-7,9-11,16-18,20H2,1H3. The van der Waals surface area contributed by atoms with Crippen LogP contribution in [0.25, 0.3) is 0 Å². The average Bonchev–Trinajstić information content (AvgIpc) is 2.90. The first-order valence-electron chi connectivity index (χ1n) is 13.4. The second-order valence-corrected chi connectivity index (χ2v) is 9.83. The number of rotatable bonds is 12. The van der Waals surface area contributed by atoms with Crippen LogP contribution in [0.1, 0.15) is 63.9 Å². The average molecular weight is 519 g/mol. The van der Waals surface area contributed by atoms with Crippen LogP contribution < -0.4 is 4.74 Å². The van der Waals surface area contributed by atoms with E-state index in [-0.39, 0.29) is 25.9 Å². The lowest BCUT2D eigenvalue weighted by Crippen LogP contribution is -2.70. The Morgan fingerprint density at radius 3 is 2.65 bits per heavy atom. The Balaban J connectivity index is 1.99. The van der Waals surface area contributed by atoms with Gasteiger partial charge in [-0.25, -0.2) is 0 Å². The Morgan fingerprint density at radius 1 is 1.16 bits per heavy atom. The highest BCUT2D eigenvalue weighted by Gasteiger charge is 2.59. The van der Waals surface area contributed by atoms with Gasteiger partial charge in [-0.1, -0.05) is 43.9 Å². The second-order valence-electron chi connectivity index (χ2n) is 9.83. The van der Waals surface area contributed by atoms with Gasteiger partial charge in [0.1, 0.15) is 36.3 Å². The van der Waals surface area contributed by atoms with Crippen molar-refractivity contribution in [3.63, 3.8) is 0 Å². The number of benzene rings is 1. The summed E-state index contributed by atoms with van der Waals surface area (Å²) < 4.78 is 24.8. The van der Waals surface area contributed by atoms with Gasteiger partial charge in [-0.15, -0.1) is 6.58 Å². The normalized spacial score (nSPS) is 31.8. The summed E-state index contributed by atoms with van der Waals surface area (Å²) in [6.45, 7) is 6.13. The summed E-state index contributed by atoms with van der Waals surface area (Å²) in [5.41, 5.74) is -0.359. The molecule has 8 nitrogen and oxygen atoms in total. The maximum absolute atomic E-state index is 11.6. The number of unbranched alkanes of at least 4 members (excludes halogenated alkanes) is 2. The van der Waals surface area contributed by atoms with Crippen molar-refractivity contribution in [3.05, 3.63) is 42.5 Å². The molecule has 0 saturated carbocycles. The van der Waals surface area contributed by atoms with Gasteiger partial charge in [0, 0.05) is 19.6 Å². The molecule has 206 valence electrons. The van der Waals surface area contributed by atoms with Crippen LogP contribution in [-0.4, -0.2) is 76.1 Å². The first-order chi connectivity index (χ1) is 17.9. The summed E-state index contributed by atoms with van der Waals surface area (Å²) in [6.07, 6.45) is 2.91. The molecule has 3 aliphatic rings. The quantitative estimate of drug-likeness (QED) is 0.190. The van der Waals surface area contributed by atoms with Gasteiger partial charge in [0.15, 0.2) is 5.60 Å². The predicted molar refractivity (Wildman–Crippen MR) is 139 cm³/mol. The van der Waals surface area contributed by atoms with E-state index in [2.05, 4.69) is 25.5 Å². The van der Waals surface area contributed by atoms with E-state index in [4.69, 9.17) is 18.9 Å².